The van der Waals surface area contributed by atoms with Crippen molar-refractivity contribution in [2.24, 2.45) is 5.11 Å². The lowest BCUT2D eigenvalue weighted by atomic mass is 9.98. The van der Waals surface area contributed by atoms with Crippen LogP contribution in [0.2, 0.25) is 0 Å². The van der Waals surface area contributed by atoms with Gasteiger partial charge in [-0.3, -0.25) is 0 Å². The van der Waals surface area contributed by atoms with Gasteiger partial charge in [0, 0.05) is 4.91 Å². The van der Waals surface area contributed by atoms with Crippen molar-refractivity contribution in [1.82, 2.24) is 0 Å². The monoisotopic (exact) mass is 253 g/mol. The zero-order valence-corrected chi connectivity index (χ0v) is 9.97. The molecule has 5 nitrogen and oxygen atoms in total. The van der Waals surface area contributed by atoms with Crippen LogP contribution in [0, 0.1) is 0 Å². The molecule has 19 heavy (non-hydrogen) atoms. The third kappa shape index (κ3) is 2.91. The molecule has 0 saturated heterocycles. The molecule has 0 radical (unpaired) electrons. The molecule has 0 aliphatic carbocycles. The maximum absolute atomic E-state index is 11.0. The highest BCUT2D eigenvalue weighted by molar-refractivity contribution is 5.87. The standard InChI is InChI=1S/C14H11N3O2/c15-17-16-13(10-5-2-1-3-6-10)11-7-4-8-12(9-11)14(18)19/h1-9,13H,(H,18,19). The Labute approximate surface area is 109 Å². The Balaban J connectivity index is 2.48. The number of aromatic carboxylic acids is 1. The molecule has 94 valence electrons. The average Bonchev–Trinajstić information content (AvgIpc) is 2.46. The van der Waals surface area contributed by atoms with Crippen LogP contribution in [0.5, 0.6) is 0 Å². The Morgan fingerprint density at radius 2 is 1.79 bits per heavy atom. The van der Waals surface area contributed by atoms with E-state index in [2.05, 4.69) is 10.0 Å². The molecule has 0 bridgehead atoms. The minimum absolute atomic E-state index is 0.173. The van der Waals surface area contributed by atoms with Crippen LogP contribution in [0.3, 0.4) is 0 Å². The number of carboxylic acid groups (broad SMARTS) is 1. The van der Waals surface area contributed by atoms with Gasteiger partial charge >= 0.3 is 5.97 Å². The predicted octanol–water partition coefficient (Wildman–Crippen LogP) is 3.78. The summed E-state index contributed by atoms with van der Waals surface area (Å²) in [4.78, 5) is 13.8. The molecule has 0 spiro atoms. The summed E-state index contributed by atoms with van der Waals surface area (Å²) in [6.07, 6.45) is 0. The normalized spacial score (nSPS) is 11.4. The summed E-state index contributed by atoms with van der Waals surface area (Å²) in [6, 6.07) is 15.1. The second kappa shape index (κ2) is 5.71. The van der Waals surface area contributed by atoms with Crippen molar-refractivity contribution in [3.8, 4) is 0 Å². The average molecular weight is 253 g/mol. The molecule has 0 aliphatic heterocycles. The topological polar surface area (TPSA) is 86.1 Å². The lowest BCUT2D eigenvalue weighted by molar-refractivity contribution is 0.0696. The summed E-state index contributed by atoms with van der Waals surface area (Å²) >= 11 is 0. The van der Waals surface area contributed by atoms with E-state index in [0.717, 1.165) is 5.56 Å². The molecule has 0 fully saturated rings. The molecule has 2 rings (SSSR count). The van der Waals surface area contributed by atoms with Crippen LogP contribution >= 0.6 is 0 Å². The number of carbonyl (C=O) groups is 1. The number of hydrogen-bond acceptors (Lipinski definition) is 2. The lowest BCUT2D eigenvalue weighted by Crippen LogP contribution is -2.01. The van der Waals surface area contributed by atoms with E-state index < -0.39 is 12.0 Å². The summed E-state index contributed by atoms with van der Waals surface area (Å²) in [6.45, 7) is 0. The smallest absolute Gasteiger partial charge is 0.335 e. The highest BCUT2D eigenvalue weighted by Gasteiger charge is 2.13. The predicted molar refractivity (Wildman–Crippen MR) is 70.8 cm³/mol. The quantitative estimate of drug-likeness (QED) is 0.510. The first kappa shape index (κ1) is 12.7. The fourth-order valence-corrected chi connectivity index (χ4v) is 1.85. The summed E-state index contributed by atoms with van der Waals surface area (Å²) in [5.74, 6) is -1.01. The molecule has 0 saturated carbocycles. The Kier molecular flexibility index (Phi) is 3.81. The van der Waals surface area contributed by atoms with Gasteiger partial charge in [-0.05, 0) is 28.8 Å². The second-order valence-electron chi connectivity index (χ2n) is 3.95. The fourth-order valence-electron chi connectivity index (χ4n) is 1.85. The molecule has 5 heteroatoms. The third-order valence-electron chi connectivity index (χ3n) is 2.73. The number of rotatable bonds is 4. The van der Waals surface area contributed by atoms with Crippen LogP contribution < -0.4 is 0 Å². The van der Waals surface area contributed by atoms with E-state index >= 15 is 0 Å². The van der Waals surface area contributed by atoms with Crippen LogP contribution in [0.15, 0.2) is 59.7 Å². The molecule has 2 aromatic rings. The molecule has 1 N–H and O–H groups in total. The van der Waals surface area contributed by atoms with Crippen LogP contribution in [0.4, 0.5) is 0 Å². The minimum atomic E-state index is -1.01. The van der Waals surface area contributed by atoms with Gasteiger partial charge in [-0.25, -0.2) is 4.79 Å². The maximum Gasteiger partial charge on any atom is 0.335 e. The van der Waals surface area contributed by atoms with Crippen molar-refractivity contribution in [2.75, 3.05) is 0 Å². The fraction of sp³-hybridized carbons (Fsp3) is 0.0714. The van der Waals surface area contributed by atoms with Crippen molar-refractivity contribution < 1.29 is 9.90 Å². The first-order valence-electron chi connectivity index (χ1n) is 5.65. The van der Waals surface area contributed by atoms with E-state index in [1.54, 1.807) is 12.1 Å². The summed E-state index contributed by atoms with van der Waals surface area (Å²) in [5, 5.41) is 12.7. The number of nitrogens with zero attached hydrogens (tertiary/aromatic N) is 3. The number of carboxylic acids is 1. The Bertz CT molecular complexity index is 634. The molecular formula is C14H11N3O2. The lowest BCUT2D eigenvalue weighted by Gasteiger charge is -2.12. The molecule has 1 atom stereocenters. The van der Waals surface area contributed by atoms with E-state index in [-0.39, 0.29) is 5.56 Å². The molecular weight excluding hydrogens is 242 g/mol. The van der Waals surface area contributed by atoms with Gasteiger partial charge in [0.1, 0.15) is 0 Å². The number of hydrogen-bond donors (Lipinski definition) is 1. The van der Waals surface area contributed by atoms with Crippen molar-refractivity contribution >= 4 is 5.97 Å². The van der Waals surface area contributed by atoms with Gasteiger partial charge in [-0.2, -0.15) is 0 Å². The van der Waals surface area contributed by atoms with Crippen LogP contribution in [-0.4, -0.2) is 11.1 Å². The second-order valence-corrected chi connectivity index (χ2v) is 3.95. The largest absolute Gasteiger partial charge is 0.478 e. The van der Waals surface area contributed by atoms with Gasteiger partial charge in [-0.15, -0.1) is 0 Å². The van der Waals surface area contributed by atoms with Gasteiger partial charge in [-0.1, -0.05) is 47.6 Å². The third-order valence-corrected chi connectivity index (χ3v) is 2.73. The van der Waals surface area contributed by atoms with E-state index in [0.29, 0.717) is 5.56 Å². The van der Waals surface area contributed by atoms with Crippen molar-refractivity contribution in [3.05, 3.63) is 81.7 Å². The number of azide groups is 1. The number of benzene rings is 2. The van der Waals surface area contributed by atoms with Gasteiger partial charge in [0.25, 0.3) is 0 Å². The molecule has 0 heterocycles. The Morgan fingerprint density at radius 1 is 1.11 bits per heavy atom. The summed E-state index contributed by atoms with van der Waals surface area (Å²) in [5.41, 5.74) is 10.3. The van der Waals surface area contributed by atoms with Gasteiger partial charge in [0.05, 0.1) is 11.6 Å². The molecule has 0 aromatic heterocycles. The molecule has 2 aromatic carbocycles. The molecule has 0 amide bonds. The zero-order valence-electron chi connectivity index (χ0n) is 9.97. The van der Waals surface area contributed by atoms with E-state index in [4.69, 9.17) is 10.6 Å². The maximum atomic E-state index is 11.0. The van der Waals surface area contributed by atoms with E-state index in [9.17, 15) is 4.79 Å². The zero-order chi connectivity index (χ0) is 13.7. The molecule has 0 aliphatic rings. The van der Waals surface area contributed by atoms with Crippen molar-refractivity contribution in [2.45, 2.75) is 6.04 Å². The first-order valence-corrected chi connectivity index (χ1v) is 5.65. The molecule has 1 unspecified atom stereocenters. The van der Waals surface area contributed by atoms with Crippen molar-refractivity contribution in [3.63, 3.8) is 0 Å². The highest BCUT2D eigenvalue weighted by atomic mass is 16.4. The summed E-state index contributed by atoms with van der Waals surface area (Å²) < 4.78 is 0. The van der Waals surface area contributed by atoms with Crippen LogP contribution in [0.1, 0.15) is 27.5 Å². The minimum Gasteiger partial charge on any atom is -0.478 e. The first-order chi connectivity index (χ1) is 9.22. The van der Waals surface area contributed by atoms with E-state index in [1.807, 2.05) is 30.3 Å². The van der Waals surface area contributed by atoms with Crippen LogP contribution in [0.25, 0.3) is 10.4 Å². The Hall–Kier alpha value is -2.78. The van der Waals surface area contributed by atoms with Gasteiger partial charge in [0.15, 0.2) is 0 Å². The van der Waals surface area contributed by atoms with Crippen LogP contribution in [-0.2, 0) is 0 Å². The highest BCUT2D eigenvalue weighted by Crippen LogP contribution is 2.26. The van der Waals surface area contributed by atoms with Gasteiger partial charge < -0.3 is 5.11 Å². The Morgan fingerprint density at radius 3 is 2.42 bits per heavy atom. The SMILES string of the molecule is [N-]=[N+]=NC(c1ccccc1)c1cccc(C(=O)O)c1. The summed E-state index contributed by atoms with van der Waals surface area (Å²) in [7, 11) is 0. The van der Waals surface area contributed by atoms with E-state index in [1.165, 1.54) is 12.1 Å². The van der Waals surface area contributed by atoms with Gasteiger partial charge in [0.2, 0.25) is 0 Å². The van der Waals surface area contributed by atoms with Crippen molar-refractivity contribution in [1.29, 1.82) is 0 Å².